The van der Waals surface area contributed by atoms with E-state index in [1.165, 1.54) is 48.9 Å². The summed E-state index contributed by atoms with van der Waals surface area (Å²) in [6.07, 6.45) is 1.45. The maximum atomic E-state index is 12.7. The third kappa shape index (κ3) is 6.08. The number of rotatable bonds is 6. The lowest BCUT2D eigenvalue weighted by Gasteiger charge is -2.13. The zero-order valence-corrected chi connectivity index (χ0v) is 20.1. The van der Waals surface area contributed by atoms with Crippen molar-refractivity contribution >= 4 is 38.9 Å². The zero-order valence-electron chi connectivity index (χ0n) is 18.5. The number of anilines is 1. The molecule has 9 nitrogen and oxygen atoms in total. The third-order valence-electron chi connectivity index (χ3n) is 4.41. The number of carbonyl (C=O) groups excluding carboxylic acids is 2. The molecule has 174 valence electrons. The number of aromatic nitrogens is 1. The molecule has 0 aliphatic rings. The molecule has 0 bridgehead atoms. The second-order valence-electron chi connectivity index (χ2n) is 8.05. The van der Waals surface area contributed by atoms with Crippen LogP contribution < -0.4 is 20.3 Å². The van der Waals surface area contributed by atoms with Gasteiger partial charge in [0.15, 0.2) is 0 Å². The number of hydrogen-bond acceptors (Lipinski definition) is 7. The average molecular weight is 489 g/mol. The highest BCUT2D eigenvalue weighted by Gasteiger charge is 2.21. The predicted octanol–water partition coefficient (Wildman–Crippen LogP) is 3.32. The van der Waals surface area contributed by atoms with Crippen LogP contribution in [0.5, 0.6) is 5.75 Å². The smallest absolute Gasteiger partial charge is 0.281 e. The van der Waals surface area contributed by atoms with Crippen LogP contribution in [0.2, 0.25) is 0 Å². The minimum atomic E-state index is -3.94. The van der Waals surface area contributed by atoms with Crippen molar-refractivity contribution in [2.45, 2.75) is 31.1 Å². The van der Waals surface area contributed by atoms with Gasteiger partial charge in [0.25, 0.3) is 21.8 Å². The number of sulfonamides is 1. The molecule has 11 heteroatoms. The number of benzene rings is 2. The van der Waals surface area contributed by atoms with Crippen molar-refractivity contribution in [3.05, 3.63) is 70.2 Å². The molecule has 3 N–H and O–H groups in total. The standard InChI is InChI=1S/C22H24N4O5S2/c1-22(2,3)21-23-13-18(32-21)20(28)25-24-19(27)14-6-5-7-17(12-14)33(29,30)26-15-8-10-16(31-4)11-9-15/h5-13,26H,1-4H3,(H,24,27)(H,25,28). The molecule has 0 aliphatic carbocycles. The van der Waals surface area contributed by atoms with Crippen LogP contribution in [0.25, 0.3) is 0 Å². The van der Waals surface area contributed by atoms with Crippen LogP contribution >= 0.6 is 11.3 Å². The Bertz CT molecular complexity index is 1260. The summed E-state index contributed by atoms with van der Waals surface area (Å²) in [4.78, 5) is 29.3. The van der Waals surface area contributed by atoms with E-state index in [2.05, 4.69) is 20.6 Å². The third-order valence-corrected chi connectivity index (χ3v) is 7.21. The summed E-state index contributed by atoms with van der Waals surface area (Å²) in [5, 5.41) is 0.793. The van der Waals surface area contributed by atoms with E-state index < -0.39 is 21.8 Å². The van der Waals surface area contributed by atoms with Crippen LogP contribution in [-0.2, 0) is 15.4 Å². The highest BCUT2D eigenvalue weighted by atomic mass is 32.2. The molecule has 0 saturated carbocycles. The van der Waals surface area contributed by atoms with E-state index in [1.54, 1.807) is 24.3 Å². The van der Waals surface area contributed by atoms with Gasteiger partial charge in [-0.3, -0.25) is 25.2 Å². The number of nitrogens with zero attached hydrogens (tertiary/aromatic N) is 1. The summed E-state index contributed by atoms with van der Waals surface area (Å²) >= 11 is 1.23. The van der Waals surface area contributed by atoms with Crippen molar-refractivity contribution < 1.29 is 22.7 Å². The minimum Gasteiger partial charge on any atom is -0.497 e. The largest absolute Gasteiger partial charge is 0.497 e. The Morgan fingerprint density at radius 1 is 1.00 bits per heavy atom. The fourth-order valence-corrected chi connectivity index (χ4v) is 4.62. The SMILES string of the molecule is COc1ccc(NS(=O)(=O)c2cccc(C(=O)NNC(=O)c3cnc(C(C)(C)C)s3)c2)cc1. The van der Waals surface area contributed by atoms with Gasteiger partial charge in [0.05, 0.1) is 23.2 Å². The van der Waals surface area contributed by atoms with Crippen molar-refractivity contribution in [1.29, 1.82) is 0 Å². The first-order valence-corrected chi connectivity index (χ1v) is 12.1. The molecule has 0 spiro atoms. The minimum absolute atomic E-state index is 0.0626. The first-order chi connectivity index (χ1) is 15.5. The summed E-state index contributed by atoms with van der Waals surface area (Å²) in [5.41, 5.74) is 4.83. The number of hydrogen-bond donors (Lipinski definition) is 3. The molecule has 3 aromatic rings. The topological polar surface area (TPSA) is 126 Å². The van der Waals surface area contributed by atoms with Gasteiger partial charge in [-0.25, -0.2) is 13.4 Å². The lowest BCUT2D eigenvalue weighted by Crippen LogP contribution is -2.41. The lowest BCUT2D eigenvalue weighted by molar-refractivity contribution is 0.0848. The van der Waals surface area contributed by atoms with E-state index in [4.69, 9.17) is 4.74 Å². The van der Waals surface area contributed by atoms with Gasteiger partial charge in [-0.2, -0.15) is 0 Å². The van der Waals surface area contributed by atoms with Crippen molar-refractivity contribution in [2.24, 2.45) is 0 Å². The van der Waals surface area contributed by atoms with Crippen molar-refractivity contribution in [3.8, 4) is 5.75 Å². The van der Waals surface area contributed by atoms with Gasteiger partial charge in [-0.1, -0.05) is 26.8 Å². The number of methoxy groups -OCH3 is 1. The normalized spacial score (nSPS) is 11.5. The highest BCUT2D eigenvalue weighted by Crippen LogP contribution is 2.26. The summed E-state index contributed by atoms with van der Waals surface area (Å²) in [6.45, 7) is 5.96. The Morgan fingerprint density at radius 3 is 2.27 bits per heavy atom. The van der Waals surface area contributed by atoms with Crippen LogP contribution in [0.4, 0.5) is 5.69 Å². The highest BCUT2D eigenvalue weighted by molar-refractivity contribution is 7.92. The van der Waals surface area contributed by atoms with Gasteiger partial charge >= 0.3 is 0 Å². The number of amides is 2. The van der Waals surface area contributed by atoms with E-state index in [0.717, 1.165) is 5.01 Å². The molecule has 0 atom stereocenters. The number of ether oxygens (including phenoxy) is 1. The summed E-state index contributed by atoms with van der Waals surface area (Å²) < 4.78 is 32.9. The Balaban J connectivity index is 1.67. The monoisotopic (exact) mass is 488 g/mol. The van der Waals surface area contributed by atoms with Gasteiger partial charge in [0.2, 0.25) is 0 Å². The zero-order chi connectivity index (χ0) is 24.2. The fourth-order valence-electron chi connectivity index (χ4n) is 2.65. The molecule has 0 aliphatic heterocycles. The first-order valence-electron chi connectivity index (χ1n) is 9.83. The Hall–Kier alpha value is -3.44. The quantitative estimate of drug-likeness (QED) is 0.457. The van der Waals surface area contributed by atoms with Crippen LogP contribution in [0.15, 0.2) is 59.6 Å². The molecule has 1 heterocycles. The summed E-state index contributed by atoms with van der Waals surface area (Å²) in [6, 6.07) is 11.8. The maximum absolute atomic E-state index is 12.7. The second-order valence-corrected chi connectivity index (χ2v) is 10.8. The lowest BCUT2D eigenvalue weighted by atomic mass is 9.98. The van der Waals surface area contributed by atoms with Gasteiger partial charge in [-0.15, -0.1) is 11.3 Å². The number of hydrazine groups is 1. The molecule has 0 unspecified atom stereocenters. The van der Waals surface area contributed by atoms with Crippen LogP contribution in [0.3, 0.4) is 0 Å². The molecule has 2 amide bonds. The van der Waals surface area contributed by atoms with E-state index in [-0.39, 0.29) is 15.9 Å². The molecular weight excluding hydrogens is 464 g/mol. The summed E-state index contributed by atoms with van der Waals surface area (Å²) in [7, 11) is -2.43. The van der Waals surface area contributed by atoms with Crippen molar-refractivity contribution in [2.75, 3.05) is 11.8 Å². The summed E-state index contributed by atoms with van der Waals surface area (Å²) in [5.74, 6) is -0.585. The van der Waals surface area contributed by atoms with Crippen molar-refractivity contribution in [3.63, 3.8) is 0 Å². The predicted molar refractivity (Wildman–Crippen MR) is 126 cm³/mol. The second kappa shape index (κ2) is 9.59. The van der Waals surface area contributed by atoms with E-state index >= 15 is 0 Å². The molecule has 0 saturated heterocycles. The van der Waals surface area contributed by atoms with E-state index in [9.17, 15) is 18.0 Å². The molecule has 0 fully saturated rings. The number of thiazole rings is 1. The molecular formula is C22H24N4O5S2. The van der Waals surface area contributed by atoms with E-state index in [0.29, 0.717) is 16.3 Å². The first kappa shape index (κ1) is 24.2. The van der Waals surface area contributed by atoms with Crippen molar-refractivity contribution in [1.82, 2.24) is 15.8 Å². The van der Waals surface area contributed by atoms with Gasteiger partial charge in [-0.05, 0) is 42.5 Å². The fraction of sp³-hybridized carbons (Fsp3) is 0.227. The number of carbonyl (C=O) groups is 2. The molecule has 2 aromatic carbocycles. The van der Waals surface area contributed by atoms with Crippen LogP contribution in [0.1, 0.15) is 45.8 Å². The van der Waals surface area contributed by atoms with Gasteiger partial charge < -0.3 is 4.74 Å². The average Bonchev–Trinajstić information content (AvgIpc) is 3.29. The van der Waals surface area contributed by atoms with Gasteiger partial charge in [0, 0.05) is 16.7 Å². The van der Waals surface area contributed by atoms with E-state index in [1.807, 2.05) is 20.8 Å². The van der Waals surface area contributed by atoms with Gasteiger partial charge in [0.1, 0.15) is 10.6 Å². The molecule has 33 heavy (non-hydrogen) atoms. The molecule has 0 radical (unpaired) electrons. The Labute approximate surface area is 196 Å². The molecule has 3 rings (SSSR count). The maximum Gasteiger partial charge on any atom is 0.281 e. The Morgan fingerprint density at radius 2 is 1.67 bits per heavy atom. The molecule has 1 aromatic heterocycles. The van der Waals surface area contributed by atoms with Crippen LogP contribution in [0, 0.1) is 0 Å². The van der Waals surface area contributed by atoms with Crippen LogP contribution in [-0.4, -0.2) is 32.3 Å². The number of nitrogens with one attached hydrogen (secondary N) is 3. The Kier molecular flexibility index (Phi) is 7.04.